The Bertz CT molecular complexity index is 1020. The van der Waals surface area contributed by atoms with Crippen LogP contribution in [0.4, 0.5) is 10.6 Å². The van der Waals surface area contributed by atoms with Gasteiger partial charge in [-0.2, -0.15) is 10.2 Å². The Labute approximate surface area is 194 Å². The van der Waals surface area contributed by atoms with Gasteiger partial charge in [0.15, 0.2) is 5.82 Å². The minimum atomic E-state index is -0.762. The van der Waals surface area contributed by atoms with Crippen molar-refractivity contribution in [1.29, 1.82) is 5.26 Å². The van der Waals surface area contributed by atoms with Gasteiger partial charge in [-0.15, -0.1) is 0 Å². The van der Waals surface area contributed by atoms with Gasteiger partial charge in [-0.1, -0.05) is 58.0 Å². The maximum Gasteiger partial charge on any atom is 0.408 e. The first-order valence-corrected chi connectivity index (χ1v) is 11.0. The standard InChI is InChI=1S/C24H30N6O3/c1-17(2)12-19(27-23(32)33-14-18-8-6-5-7-9-18)22(31)30-16-24(3,4)15-29(30)21-10-11-26-20(13-25)28-21/h5-11,17,19H,12,14-16H2,1-4H3,(H,27,32). The van der Waals surface area contributed by atoms with Crippen molar-refractivity contribution in [3.8, 4) is 6.07 Å². The van der Waals surface area contributed by atoms with Crippen molar-refractivity contribution in [1.82, 2.24) is 20.3 Å². The number of alkyl carbamates (subject to hydrolysis) is 1. The number of carbonyl (C=O) groups excluding carboxylic acids is 2. The highest BCUT2D eigenvalue weighted by Crippen LogP contribution is 2.32. The highest BCUT2D eigenvalue weighted by molar-refractivity contribution is 5.87. The van der Waals surface area contributed by atoms with Crippen molar-refractivity contribution in [2.24, 2.45) is 11.3 Å². The highest BCUT2D eigenvalue weighted by atomic mass is 16.5. The lowest BCUT2D eigenvalue weighted by molar-refractivity contribution is -0.133. The van der Waals surface area contributed by atoms with E-state index in [1.807, 2.05) is 50.2 Å². The molecule has 0 bridgehead atoms. The van der Waals surface area contributed by atoms with Gasteiger partial charge < -0.3 is 10.1 Å². The fourth-order valence-corrected chi connectivity index (χ4v) is 3.76. The topological polar surface area (TPSA) is 111 Å². The fraction of sp³-hybridized carbons (Fsp3) is 0.458. The van der Waals surface area contributed by atoms with Gasteiger partial charge in [0.25, 0.3) is 5.91 Å². The van der Waals surface area contributed by atoms with Gasteiger partial charge >= 0.3 is 6.09 Å². The van der Waals surface area contributed by atoms with Crippen LogP contribution in [0.1, 0.15) is 45.5 Å². The average Bonchev–Trinajstić information content (AvgIpc) is 3.12. The number of hydrogen-bond donors (Lipinski definition) is 1. The van der Waals surface area contributed by atoms with E-state index in [0.717, 1.165) is 5.56 Å². The molecule has 9 nitrogen and oxygen atoms in total. The lowest BCUT2D eigenvalue weighted by Crippen LogP contribution is -2.53. The number of amides is 2. The molecule has 2 heterocycles. The predicted octanol–water partition coefficient (Wildman–Crippen LogP) is 3.28. The van der Waals surface area contributed by atoms with E-state index in [0.29, 0.717) is 25.3 Å². The van der Waals surface area contributed by atoms with Crippen molar-refractivity contribution in [3.63, 3.8) is 0 Å². The largest absolute Gasteiger partial charge is 0.445 e. The summed E-state index contributed by atoms with van der Waals surface area (Å²) in [6.07, 6.45) is 1.31. The third-order valence-electron chi connectivity index (χ3n) is 5.22. The molecule has 2 aromatic rings. The van der Waals surface area contributed by atoms with Gasteiger partial charge in [0.2, 0.25) is 5.82 Å². The quantitative estimate of drug-likeness (QED) is 0.689. The maximum atomic E-state index is 13.6. The van der Waals surface area contributed by atoms with Gasteiger partial charge in [-0.3, -0.25) is 14.8 Å². The molecule has 1 fully saturated rings. The fourth-order valence-electron chi connectivity index (χ4n) is 3.76. The molecule has 1 aromatic heterocycles. The number of carbonyl (C=O) groups is 2. The number of anilines is 1. The van der Waals surface area contributed by atoms with Crippen molar-refractivity contribution in [2.75, 3.05) is 18.1 Å². The predicted molar refractivity (Wildman–Crippen MR) is 123 cm³/mol. The van der Waals surface area contributed by atoms with Crippen LogP contribution in [-0.4, -0.2) is 46.1 Å². The van der Waals surface area contributed by atoms with Crippen LogP contribution in [0.15, 0.2) is 42.6 Å². The number of aromatic nitrogens is 2. The number of benzene rings is 1. The zero-order chi connectivity index (χ0) is 24.0. The molecule has 1 aliphatic rings. The number of ether oxygens (including phenoxy) is 1. The maximum absolute atomic E-state index is 13.6. The Morgan fingerprint density at radius 1 is 1.21 bits per heavy atom. The second-order valence-corrected chi connectivity index (χ2v) is 9.36. The molecule has 1 aliphatic heterocycles. The molecule has 0 radical (unpaired) electrons. The number of nitriles is 1. The summed E-state index contributed by atoms with van der Waals surface area (Å²) in [5.41, 5.74) is 0.660. The van der Waals surface area contributed by atoms with E-state index in [4.69, 9.17) is 10.00 Å². The zero-order valence-corrected chi connectivity index (χ0v) is 19.5. The summed E-state index contributed by atoms with van der Waals surface area (Å²) in [5, 5.41) is 15.3. The third kappa shape index (κ3) is 6.42. The van der Waals surface area contributed by atoms with Crippen LogP contribution in [0.25, 0.3) is 0 Å². The number of hydrogen-bond acceptors (Lipinski definition) is 7. The molecule has 2 amide bonds. The Morgan fingerprint density at radius 2 is 1.94 bits per heavy atom. The average molecular weight is 451 g/mol. The van der Waals surface area contributed by atoms with Crippen LogP contribution in [0.2, 0.25) is 0 Å². The molecule has 1 N–H and O–H groups in total. The van der Waals surface area contributed by atoms with E-state index in [2.05, 4.69) is 29.1 Å². The molecule has 1 aromatic carbocycles. The summed E-state index contributed by atoms with van der Waals surface area (Å²) in [5.74, 6) is 0.422. The molecule has 1 atom stereocenters. The summed E-state index contributed by atoms with van der Waals surface area (Å²) in [6, 6.07) is 12.2. The number of nitrogens with one attached hydrogen (secondary N) is 1. The van der Waals surface area contributed by atoms with Crippen LogP contribution in [0, 0.1) is 22.7 Å². The first-order chi connectivity index (χ1) is 15.7. The molecule has 1 saturated heterocycles. The monoisotopic (exact) mass is 450 g/mol. The van der Waals surface area contributed by atoms with E-state index < -0.39 is 12.1 Å². The molecule has 3 rings (SSSR count). The molecule has 0 saturated carbocycles. The van der Waals surface area contributed by atoms with Crippen molar-refractivity contribution >= 4 is 17.8 Å². The highest BCUT2D eigenvalue weighted by Gasteiger charge is 2.42. The van der Waals surface area contributed by atoms with Crippen LogP contribution in [0.3, 0.4) is 0 Å². The van der Waals surface area contributed by atoms with E-state index >= 15 is 0 Å². The summed E-state index contributed by atoms with van der Waals surface area (Å²) in [6.45, 7) is 9.20. The van der Waals surface area contributed by atoms with Gasteiger partial charge in [-0.25, -0.2) is 9.78 Å². The van der Waals surface area contributed by atoms with E-state index in [1.165, 1.54) is 6.20 Å². The first kappa shape index (κ1) is 24.0. The lowest BCUT2D eigenvalue weighted by Gasteiger charge is -2.32. The molecular formula is C24H30N6O3. The minimum Gasteiger partial charge on any atom is -0.445 e. The Hall–Kier alpha value is -3.67. The summed E-state index contributed by atoms with van der Waals surface area (Å²) < 4.78 is 5.34. The second kappa shape index (κ2) is 10.3. The first-order valence-electron chi connectivity index (χ1n) is 11.0. The van der Waals surface area contributed by atoms with Gasteiger partial charge in [0.05, 0.1) is 0 Å². The molecule has 0 spiro atoms. The van der Waals surface area contributed by atoms with Crippen molar-refractivity contribution < 1.29 is 14.3 Å². The zero-order valence-electron chi connectivity index (χ0n) is 19.5. The Balaban J connectivity index is 1.77. The normalized spacial score (nSPS) is 15.8. The summed E-state index contributed by atoms with van der Waals surface area (Å²) in [7, 11) is 0. The lowest BCUT2D eigenvalue weighted by atomic mass is 9.95. The smallest absolute Gasteiger partial charge is 0.408 e. The van der Waals surface area contributed by atoms with E-state index in [9.17, 15) is 9.59 Å². The number of nitrogens with zero attached hydrogens (tertiary/aromatic N) is 5. The molecule has 1 unspecified atom stereocenters. The minimum absolute atomic E-state index is 0.0333. The van der Waals surface area contributed by atoms with Crippen LogP contribution in [-0.2, 0) is 16.1 Å². The van der Waals surface area contributed by atoms with Crippen LogP contribution < -0.4 is 10.3 Å². The van der Waals surface area contributed by atoms with E-state index in [-0.39, 0.29) is 29.7 Å². The van der Waals surface area contributed by atoms with Crippen molar-refractivity contribution in [2.45, 2.75) is 46.8 Å². The van der Waals surface area contributed by atoms with E-state index in [1.54, 1.807) is 16.1 Å². The van der Waals surface area contributed by atoms with Crippen LogP contribution in [0.5, 0.6) is 0 Å². The van der Waals surface area contributed by atoms with Gasteiger partial charge in [0.1, 0.15) is 18.7 Å². The third-order valence-corrected chi connectivity index (χ3v) is 5.22. The molecule has 0 aliphatic carbocycles. The number of rotatable bonds is 7. The summed E-state index contributed by atoms with van der Waals surface area (Å²) >= 11 is 0. The Kier molecular flexibility index (Phi) is 7.48. The second-order valence-electron chi connectivity index (χ2n) is 9.36. The van der Waals surface area contributed by atoms with Gasteiger partial charge in [0, 0.05) is 30.8 Å². The molecule has 9 heteroatoms. The SMILES string of the molecule is CC(C)CC(NC(=O)OCc1ccccc1)C(=O)N1CC(C)(C)CN1c1ccnc(C#N)n1. The summed E-state index contributed by atoms with van der Waals surface area (Å²) in [4.78, 5) is 34.3. The number of hydrazine groups is 1. The Morgan fingerprint density at radius 3 is 2.61 bits per heavy atom. The van der Waals surface area contributed by atoms with Gasteiger partial charge in [-0.05, 0) is 17.9 Å². The molecule has 174 valence electrons. The molecule has 33 heavy (non-hydrogen) atoms. The van der Waals surface area contributed by atoms with Crippen LogP contribution >= 0.6 is 0 Å². The molecular weight excluding hydrogens is 420 g/mol. The van der Waals surface area contributed by atoms with Crippen molar-refractivity contribution in [3.05, 3.63) is 54.0 Å².